The molecule has 3 heterocycles. The summed E-state index contributed by atoms with van der Waals surface area (Å²) in [4.78, 5) is 39.5. The minimum absolute atomic E-state index is 0.0507. The number of nitrogens with zero attached hydrogens (tertiary/aromatic N) is 5. The zero-order valence-electron chi connectivity index (χ0n) is 13.8. The van der Waals surface area contributed by atoms with Crippen LogP contribution in [0.15, 0.2) is 18.5 Å². The Kier molecular flexibility index (Phi) is 4.18. The van der Waals surface area contributed by atoms with Crippen molar-refractivity contribution in [3.05, 3.63) is 18.5 Å². The van der Waals surface area contributed by atoms with Crippen LogP contribution in [0, 0.1) is 11.8 Å². The van der Waals surface area contributed by atoms with Crippen LogP contribution in [0.5, 0.6) is 0 Å². The second kappa shape index (κ2) is 6.47. The Bertz CT molecular complexity index is 591. The lowest BCUT2D eigenvalue weighted by molar-refractivity contribution is -0.142. The van der Waals surface area contributed by atoms with E-state index in [9.17, 15) is 9.59 Å². The van der Waals surface area contributed by atoms with Crippen molar-refractivity contribution < 1.29 is 9.59 Å². The third-order valence-electron chi connectivity index (χ3n) is 5.48. The van der Waals surface area contributed by atoms with E-state index in [0.29, 0.717) is 6.67 Å². The summed E-state index contributed by atoms with van der Waals surface area (Å²) in [6, 6.07) is 1.81. The molecule has 0 N–H and O–H groups in total. The summed E-state index contributed by atoms with van der Waals surface area (Å²) < 4.78 is 0. The van der Waals surface area contributed by atoms with E-state index in [-0.39, 0.29) is 23.7 Å². The summed E-state index contributed by atoms with van der Waals surface area (Å²) in [6.07, 6.45) is 7.40. The molecule has 2 aliphatic heterocycles. The Morgan fingerprint density at radius 3 is 2.08 bits per heavy atom. The zero-order valence-corrected chi connectivity index (χ0v) is 13.8. The van der Waals surface area contributed by atoms with Gasteiger partial charge < -0.3 is 4.90 Å². The number of hydrogen-bond donors (Lipinski definition) is 0. The van der Waals surface area contributed by atoms with Gasteiger partial charge >= 0.3 is 0 Å². The predicted molar refractivity (Wildman–Crippen MR) is 88.0 cm³/mol. The fourth-order valence-corrected chi connectivity index (χ4v) is 4.11. The van der Waals surface area contributed by atoms with Gasteiger partial charge in [-0.05, 0) is 18.9 Å². The van der Waals surface area contributed by atoms with Crippen molar-refractivity contribution in [3.8, 4) is 0 Å². The van der Waals surface area contributed by atoms with Gasteiger partial charge in [0.2, 0.25) is 17.8 Å². The standard InChI is InChI=1S/C17H23N5O2/c23-15-13-4-1-2-5-14(13)16(24)22(15)12-20-8-10-21(11-9-20)17-18-6-3-7-19-17/h3,6-7,13-14H,1-2,4-5,8-12H2/t13-,14+. The van der Waals surface area contributed by atoms with Crippen molar-refractivity contribution in [1.82, 2.24) is 19.8 Å². The van der Waals surface area contributed by atoms with Crippen molar-refractivity contribution in [2.24, 2.45) is 11.8 Å². The molecule has 3 aliphatic rings. The normalized spacial score (nSPS) is 28.3. The fraction of sp³-hybridized carbons (Fsp3) is 0.647. The highest BCUT2D eigenvalue weighted by atomic mass is 16.2. The van der Waals surface area contributed by atoms with E-state index in [0.717, 1.165) is 57.8 Å². The zero-order chi connectivity index (χ0) is 16.5. The summed E-state index contributed by atoms with van der Waals surface area (Å²) in [5, 5.41) is 0. The van der Waals surface area contributed by atoms with Gasteiger partial charge in [0, 0.05) is 38.6 Å². The number of carbonyl (C=O) groups is 2. The maximum Gasteiger partial charge on any atom is 0.234 e. The first-order valence-electron chi connectivity index (χ1n) is 8.83. The molecule has 2 atom stereocenters. The molecule has 0 spiro atoms. The van der Waals surface area contributed by atoms with E-state index in [1.807, 2.05) is 6.07 Å². The molecular weight excluding hydrogens is 306 g/mol. The van der Waals surface area contributed by atoms with Gasteiger partial charge in [0.05, 0.1) is 18.5 Å². The third-order valence-corrected chi connectivity index (χ3v) is 5.48. The first-order valence-corrected chi connectivity index (χ1v) is 8.83. The SMILES string of the molecule is O=C1[C@H]2CCCC[C@H]2C(=O)N1CN1CCN(c2ncccn2)CC1. The Hall–Kier alpha value is -2.02. The number of imide groups is 1. The highest BCUT2D eigenvalue weighted by Crippen LogP contribution is 2.38. The van der Waals surface area contributed by atoms with E-state index in [1.165, 1.54) is 4.90 Å². The number of hydrogen-bond acceptors (Lipinski definition) is 6. The van der Waals surface area contributed by atoms with Crippen molar-refractivity contribution in [3.63, 3.8) is 0 Å². The number of aromatic nitrogens is 2. The van der Waals surface area contributed by atoms with Crippen LogP contribution in [0.1, 0.15) is 25.7 Å². The highest BCUT2D eigenvalue weighted by molar-refractivity contribution is 6.05. The average Bonchev–Trinajstić information content (AvgIpc) is 2.88. The van der Waals surface area contributed by atoms with Crippen molar-refractivity contribution >= 4 is 17.8 Å². The molecule has 7 nitrogen and oxygen atoms in total. The number of likely N-dealkylation sites (tertiary alicyclic amines) is 1. The molecule has 1 aromatic heterocycles. The summed E-state index contributed by atoms with van der Waals surface area (Å²) >= 11 is 0. The molecule has 4 rings (SSSR count). The number of fused-ring (bicyclic) bond motifs is 1. The van der Waals surface area contributed by atoms with Crippen molar-refractivity contribution in [2.45, 2.75) is 25.7 Å². The monoisotopic (exact) mass is 329 g/mol. The summed E-state index contributed by atoms with van der Waals surface area (Å²) in [6.45, 7) is 3.68. The molecule has 1 aliphatic carbocycles. The van der Waals surface area contributed by atoms with Gasteiger partial charge in [0.1, 0.15) is 0 Å². The summed E-state index contributed by atoms with van der Waals surface area (Å²) in [5.41, 5.74) is 0. The molecule has 1 saturated carbocycles. The second-order valence-electron chi connectivity index (χ2n) is 6.90. The molecule has 7 heteroatoms. The van der Waals surface area contributed by atoms with Crippen LogP contribution in [0.3, 0.4) is 0 Å². The predicted octanol–water partition coefficient (Wildman–Crippen LogP) is 0.731. The molecule has 3 fully saturated rings. The molecule has 0 aromatic carbocycles. The number of anilines is 1. The molecule has 128 valence electrons. The van der Waals surface area contributed by atoms with Crippen LogP contribution in [-0.4, -0.2) is 64.4 Å². The molecule has 0 radical (unpaired) electrons. The van der Waals surface area contributed by atoms with Crippen LogP contribution in [0.25, 0.3) is 0 Å². The maximum atomic E-state index is 12.6. The average molecular weight is 329 g/mol. The third kappa shape index (κ3) is 2.77. The van der Waals surface area contributed by atoms with Crippen LogP contribution in [-0.2, 0) is 9.59 Å². The van der Waals surface area contributed by atoms with Gasteiger partial charge in [0.25, 0.3) is 0 Å². The highest BCUT2D eigenvalue weighted by Gasteiger charge is 2.48. The van der Waals surface area contributed by atoms with E-state index in [1.54, 1.807) is 12.4 Å². The Morgan fingerprint density at radius 1 is 0.917 bits per heavy atom. The molecule has 0 unspecified atom stereocenters. The van der Waals surface area contributed by atoms with Crippen LogP contribution < -0.4 is 4.90 Å². The Balaban J connectivity index is 1.35. The molecule has 24 heavy (non-hydrogen) atoms. The van der Waals surface area contributed by atoms with E-state index < -0.39 is 0 Å². The Labute approximate surface area is 141 Å². The number of rotatable bonds is 3. The largest absolute Gasteiger partial charge is 0.338 e. The second-order valence-corrected chi connectivity index (χ2v) is 6.90. The van der Waals surface area contributed by atoms with Gasteiger partial charge in [0.15, 0.2) is 0 Å². The Morgan fingerprint density at radius 2 is 1.50 bits per heavy atom. The van der Waals surface area contributed by atoms with Crippen LogP contribution >= 0.6 is 0 Å². The van der Waals surface area contributed by atoms with Crippen molar-refractivity contribution in [1.29, 1.82) is 0 Å². The molecule has 2 amide bonds. The summed E-state index contributed by atoms with van der Waals surface area (Å²) in [7, 11) is 0. The number of piperazine rings is 1. The van der Waals surface area contributed by atoms with Gasteiger partial charge in [-0.15, -0.1) is 0 Å². The summed E-state index contributed by atoms with van der Waals surface area (Å²) in [5.74, 6) is 0.754. The lowest BCUT2D eigenvalue weighted by Crippen LogP contribution is -2.51. The van der Waals surface area contributed by atoms with Gasteiger partial charge in [-0.25, -0.2) is 9.97 Å². The fourth-order valence-electron chi connectivity index (χ4n) is 4.11. The lowest BCUT2D eigenvalue weighted by Gasteiger charge is -2.36. The van der Waals surface area contributed by atoms with Crippen LogP contribution in [0.4, 0.5) is 5.95 Å². The lowest BCUT2D eigenvalue weighted by atomic mass is 9.81. The molecular formula is C17H23N5O2. The van der Waals surface area contributed by atoms with E-state index >= 15 is 0 Å². The molecule has 1 aromatic rings. The van der Waals surface area contributed by atoms with Crippen LogP contribution in [0.2, 0.25) is 0 Å². The smallest absolute Gasteiger partial charge is 0.234 e. The minimum atomic E-state index is -0.0507. The quantitative estimate of drug-likeness (QED) is 0.762. The minimum Gasteiger partial charge on any atom is -0.338 e. The number of carbonyl (C=O) groups excluding carboxylic acids is 2. The molecule has 2 saturated heterocycles. The van der Waals surface area contributed by atoms with E-state index in [4.69, 9.17) is 0 Å². The molecule has 0 bridgehead atoms. The number of amides is 2. The first kappa shape index (κ1) is 15.5. The van der Waals surface area contributed by atoms with Gasteiger partial charge in [-0.1, -0.05) is 12.8 Å². The van der Waals surface area contributed by atoms with Crippen molar-refractivity contribution in [2.75, 3.05) is 37.7 Å². The topological polar surface area (TPSA) is 69.6 Å². The first-order chi connectivity index (χ1) is 11.7. The maximum absolute atomic E-state index is 12.6. The van der Waals surface area contributed by atoms with Gasteiger partial charge in [-0.2, -0.15) is 0 Å². The van der Waals surface area contributed by atoms with E-state index in [2.05, 4.69) is 19.8 Å². The van der Waals surface area contributed by atoms with Gasteiger partial charge in [-0.3, -0.25) is 19.4 Å².